The Labute approximate surface area is 480 Å². The first-order chi connectivity index (χ1) is 40.1. The summed E-state index contributed by atoms with van der Waals surface area (Å²) < 4.78 is 33.8. The number of esters is 2. The largest absolute Gasteiger partial charge is 0.481 e. The van der Waals surface area contributed by atoms with Gasteiger partial charge in [-0.2, -0.15) is 0 Å². The van der Waals surface area contributed by atoms with Crippen LogP contribution >= 0.6 is 0 Å². The van der Waals surface area contributed by atoms with Gasteiger partial charge in [-0.1, -0.05) is 129 Å². The monoisotopic (exact) mass is 1100 g/mol. The van der Waals surface area contributed by atoms with Crippen LogP contribution in [0.4, 0.5) is 0 Å². The Hall–Kier alpha value is -6.55. The van der Waals surface area contributed by atoms with E-state index in [1.165, 1.54) is 55.0 Å². The molecule has 5 aliphatic carbocycles. The Kier molecular flexibility index (Phi) is 15.0. The summed E-state index contributed by atoms with van der Waals surface area (Å²) in [5, 5.41) is 32.6. The molecule has 13 rings (SSSR count). The van der Waals surface area contributed by atoms with E-state index in [1.54, 1.807) is 19.1 Å². The highest BCUT2D eigenvalue weighted by Crippen LogP contribution is 2.59. The molecule has 1 aromatic heterocycles. The van der Waals surface area contributed by atoms with Crippen LogP contribution in [0.2, 0.25) is 0 Å². The van der Waals surface area contributed by atoms with Gasteiger partial charge in [0.25, 0.3) is 0 Å². The van der Waals surface area contributed by atoms with Gasteiger partial charge in [0.1, 0.15) is 11.3 Å². The second-order valence-corrected chi connectivity index (χ2v) is 25.0. The average Bonchev–Trinajstić information content (AvgIpc) is 2.10. The summed E-state index contributed by atoms with van der Waals surface area (Å²) in [6.07, 6.45) is 18.9. The normalized spacial score (nSPS) is 30.9. The minimum Gasteiger partial charge on any atom is -0.481 e. The fourth-order valence-electron chi connectivity index (χ4n) is 17.0. The maximum atomic E-state index is 15.9. The quantitative estimate of drug-likeness (QED) is 0.0423. The lowest BCUT2D eigenvalue weighted by Crippen LogP contribution is -2.66. The third kappa shape index (κ3) is 9.22. The number of carbonyl (C=O) groups is 2. The van der Waals surface area contributed by atoms with Gasteiger partial charge >= 0.3 is 17.6 Å². The summed E-state index contributed by atoms with van der Waals surface area (Å²) in [7, 11) is 1.52. The summed E-state index contributed by atoms with van der Waals surface area (Å²) in [6.45, 7) is 0.676. The molecule has 2 fully saturated rings. The zero-order chi connectivity index (χ0) is 56.3. The molecule has 5 bridgehead atoms. The summed E-state index contributed by atoms with van der Waals surface area (Å²) >= 11 is 0. The van der Waals surface area contributed by atoms with Crippen LogP contribution in [-0.4, -0.2) is 65.9 Å². The Balaban J connectivity index is 1.00. The number of benzene rings is 4. The molecule has 11 heteroatoms. The van der Waals surface area contributed by atoms with E-state index in [1.807, 2.05) is 0 Å². The standard InChI is InChI=1S/C71H76O11/c1-42(39-73)54-27-20-43-21-28-55-48(35-43)14-10-16-52-26-23-45-12-4-6-19-60(45)71(52)67(81-68(54)76)66(64-61(82-71)31-30-57-58(40-74)63(69(77)80-65(57)64)49(32-34-72)41-78-2)79-62(75)38-50-36-47(24-29-56(50)55)46-13-9-17-53(37-46)70-33-8-7-15-51(70)25-22-44-11-3-5-18-59(44)70/h3,5,9,11,13,17-18,21,23-24,26,28-31,35,37,45,47,49-52,56,60,66-67,72-74H,4,6-8,12,14-15,19-20,22,25,27,32-34,36,38-41H2,1-2H3. The van der Waals surface area contributed by atoms with Gasteiger partial charge in [0.05, 0.1) is 31.3 Å². The highest BCUT2D eigenvalue weighted by Gasteiger charge is 2.65. The molecule has 12 unspecified atom stereocenters. The van der Waals surface area contributed by atoms with E-state index in [0.29, 0.717) is 53.0 Å². The molecular formula is C71H76O11. The van der Waals surface area contributed by atoms with Crippen molar-refractivity contribution < 1.29 is 48.3 Å². The van der Waals surface area contributed by atoms with Crippen molar-refractivity contribution in [3.05, 3.63) is 180 Å². The van der Waals surface area contributed by atoms with Crippen LogP contribution in [-0.2, 0) is 55.1 Å². The molecule has 5 aromatic rings. The lowest BCUT2D eigenvalue weighted by molar-refractivity contribution is -0.214. The van der Waals surface area contributed by atoms with Crippen LogP contribution < -0.4 is 10.4 Å². The Morgan fingerprint density at radius 3 is 2.56 bits per heavy atom. The van der Waals surface area contributed by atoms with Gasteiger partial charge in [0.15, 0.2) is 17.8 Å². The van der Waals surface area contributed by atoms with Crippen molar-refractivity contribution in [1.29, 1.82) is 0 Å². The number of aliphatic hydroxyl groups is 3. The lowest BCUT2D eigenvalue weighted by Gasteiger charge is -2.56. The number of aryl methyl sites for hydroxylation is 2. The molecule has 82 heavy (non-hydrogen) atoms. The van der Waals surface area contributed by atoms with Gasteiger partial charge in [-0.3, -0.25) is 4.79 Å². The molecule has 0 saturated heterocycles. The molecule has 4 aromatic carbocycles. The zero-order valence-electron chi connectivity index (χ0n) is 47.3. The molecule has 12 atom stereocenters. The van der Waals surface area contributed by atoms with Gasteiger partial charge in [-0.25, -0.2) is 9.59 Å². The molecule has 3 aliphatic heterocycles. The van der Waals surface area contributed by atoms with Crippen molar-refractivity contribution in [1.82, 2.24) is 0 Å². The number of hydrogen-bond acceptors (Lipinski definition) is 11. The number of aliphatic hydroxyl groups excluding tert-OH is 3. The van der Waals surface area contributed by atoms with Crippen LogP contribution in [0.5, 0.6) is 5.75 Å². The van der Waals surface area contributed by atoms with Crippen molar-refractivity contribution in [2.24, 2.45) is 29.6 Å². The fourth-order valence-corrected chi connectivity index (χ4v) is 17.0. The van der Waals surface area contributed by atoms with E-state index in [-0.39, 0.29) is 90.8 Å². The van der Waals surface area contributed by atoms with Gasteiger partial charge in [0, 0.05) is 72.2 Å². The van der Waals surface area contributed by atoms with Crippen molar-refractivity contribution in [3.63, 3.8) is 0 Å². The summed E-state index contributed by atoms with van der Waals surface area (Å²) in [5.41, 5.74) is 8.07. The third-order valence-electron chi connectivity index (χ3n) is 20.8. The average molecular weight is 1110 g/mol. The molecule has 1 spiro atoms. The highest BCUT2D eigenvalue weighted by atomic mass is 16.6. The van der Waals surface area contributed by atoms with Crippen LogP contribution in [0.1, 0.15) is 170 Å². The van der Waals surface area contributed by atoms with Crippen LogP contribution in [0.3, 0.4) is 0 Å². The summed E-state index contributed by atoms with van der Waals surface area (Å²) in [4.78, 5) is 46.0. The first kappa shape index (κ1) is 54.7. The zero-order valence-corrected chi connectivity index (χ0v) is 47.3. The second-order valence-electron chi connectivity index (χ2n) is 25.0. The van der Waals surface area contributed by atoms with Gasteiger partial charge in [-0.15, -0.1) is 0 Å². The van der Waals surface area contributed by atoms with Crippen LogP contribution in [0.15, 0.2) is 124 Å². The predicted octanol–water partition coefficient (Wildman–Crippen LogP) is 11.8. The number of hydrogen-bond donors (Lipinski definition) is 3. The van der Waals surface area contributed by atoms with Crippen molar-refractivity contribution in [3.8, 4) is 17.6 Å². The van der Waals surface area contributed by atoms with Crippen molar-refractivity contribution >= 4 is 22.9 Å². The number of fused-ring (bicyclic) bond motifs is 12. The molecule has 11 nitrogen and oxygen atoms in total. The molecule has 8 aliphatic rings. The molecular weight excluding hydrogens is 1030 g/mol. The van der Waals surface area contributed by atoms with E-state index in [9.17, 15) is 20.1 Å². The third-order valence-corrected chi connectivity index (χ3v) is 20.8. The van der Waals surface area contributed by atoms with Crippen molar-refractivity contribution in [2.45, 2.75) is 157 Å². The van der Waals surface area contributed by atoms with E-state index in [0.717, 1.165) is 55.2 Å². The SMILES string of the molecule is COCC(CCO)c1c(CO)c2ccc3c(c2oc1=O)C1OC(=O)CC2CC(c4cccc(C56CCCCC5CCc5ccccc56)c4)C=CC2c2ccc4cc2CC#CC2C=CC5CCCCC5C2(O3)C1OC(=O)C(=C(C)CO)CC4. The molecule has 4 heterocycles. The number of rotatable bonds is 9. The topological polar surface area (TPSA) is 162 Å². The Morgan fingerprint density at radius 2 is 1.71 bits per heavy atom. The number of methoxy groups -OCH3 is 1. The maximum Gasteiger partial charge on any atom is 0.340 e. The predicted molar refractivity (Wildman–Crippen MR) is 312 cm³/mol. The second kappa shape index (κ2) is 22.6. The Morgan fingerprint density at radius 1 is 0.841 bits per heavy atom. The first-order valence-corrected chi connectivity index (χ1v) is 30.5. The lowest BCUT2D eigenvalue weighted by atomic mass is 9.54. The highest BCUT2D eigenvalue weighted by molar-refractivity contribution is 5.91. The van der Waals surface area contributed by atoms with Crippen LogP contribution in [0.25, 0.3) is 11.0 Å². The van der Waals surface area contributed by atoms with E-state index < -0.39 is 53.8 Å². The number of carbonyl (C=O) groups excluding carboxylic acids is 2. The van der Waals surface area contributed by atoms with Gasteiger partial charge in [-0.05, 0) is 151 Å². The molecule has 3 N–H and O–H groups in total. The van der Waals surface area contributed by atoms with Crippen LogP contribution in [0, 0.1) is 41.4 Å². The summed E-state index contributed by atoms with van der Waals surface area (Å²) in [5.74, 6) is 5.18. The van der Waals surface area contributed by atoms with Gasteiger partial charge in [0.2, 0.25) is 0 Å². The Bertz CT molecular complexity index is 3530. The molecule has 426 valence electrons. The van der Waals surface area contributed by atoms with Gasteiger partial charge < -0.3 is 38.7 Å². The van der Waals surface area contributed by atoms with E-state index in [4.69, 9.17) is 23.4 Å². The van der Waals surface area contributed by atoms with E-state index >= 15 is 9.59 Å². The molecule has 0 amide bonds. The van der Waals surface area contributed by atoms with E-state index in [2.05, 4.69) is 103 Å². The fraction of sp³-hybridized carbons (Fsp3) is 0.479. The minimum absolute atomic E-state index is 0.00544. The minimum atomic E-state index is -1.40. The van der Waals surface area contributed by atoms with Crippen molar-refractivity contribution in [2.75, 3.05) is 26.9 Å². The smallest absolute Gasteiger partial charge is 0.340 e. The molecule has 0 radical (unpaired) electrons. The number of ether oxygens (including phenoxy) is 4. The molecule has 2 saturated carbocycles. The first-order valence-electron chi connectivity index (χ1n) is 30.5. The summed E-state index contributed by atoms with van der Waals surface area (Å²) in [6, 6.07) is 28.6. The number of allylic oxidation sites excluding steroid dienone is 3. The maximum absolute atomic E-state index is 15.9.